The Balaban J connectivity index is 5.08. The lowest BCUT2D eigenvalue weighted by Gasteiger charge is -2.31. The number of hydrogen-bond donors (Lipinski definition) is 1. The van der Waals surface area contributed by atoms with E-state index < -0.39 is 74.5 Å². The predicted molar refractivity (Wildman–Crippen MR) is 61.0 cm³/mol. The third-order valence-corrected chi connectivity index (χ3v) is 3.42. The van der Waals surface area contributed by atoms with Crippen molar-refractivity contribution in [2.75, 3.05) is 6.61 Å². The summed E-state index contributed by atoms with van der Waals surface area (Å²) in [6.45, 7) is -1.47. The van der Waals surface area contributed by atoms with Crippen LogP contribution in [0.5, 0.6) is 0 Å². The van der Waals surface area contributed by atoms with Crippen molar-refractivity contribution in [3.63, 3.8) is 0 Å². The fourth-order valence-corrected chi connectivity index (χ4v) is 1.64. The van der Waals surface area contributed by atoms with E-state index in [4.69, 9.17) is 5.11 Å². The van der Waals surface area contributed by atoms with Crippen LogP contribution in [0, 0.1) is 0 Å². The molecule has 0 amide bonds. The molecule has 26 heavy (non-hydrogen) atoms. The van der Waals surface area contributed by atoms with Crippen LogP contribution in [0.25, 0.3) is 0 Å². The maximum Gasteiger partial charge on any atom is 0.453 e. The standard InChI is InChI=1S/C12H13F13O/c13-7(14,1-2-9(17,18)10(19,20)5-6-26)8(15,16)3-4-11(21,22)12(23,24)25/h26H,1-6H2. The maximum atomic E-state index is 13.3. The first-order valence-corrected chi connectivity index (χ1v) is 6.79. The zero-order valence-electron chi connectivity index (χ0n) is 12.6. The normalized spacial score (nSPS) is 15.5. The zero-order valence-corrected chi connectivity index (χ0v) is 12.6. The molecule has 0 rings (SSSR count). The molecule has 158 valence electrons. The molecule has 0 aromatic carbocycles. The first kappa shape index (κ1) is 25.1. The van der Waals surface area contributed by atoms with E-state index >= 15 is 0 Å². The van der Waals surface area contributed by atoms with Crippen molar-refractivity contribution < 1.29 is 62.2 Å². The van der Waals surface area contributed by atoms with E-state index in [1.54, 1.807) is 0 Å². The summed E-state index contributed by atoms with van der Waals surface area (Å²) in [7, 11) is 0. The lowest BCUT2D eigenvalue weighted by molar-refractivity contribution is -0.295. The van der Waals surface area contributed by atoms with Gasteiger partial charge in [-0.2, -0.15) is 57.1 Å². The molecule has 0 aromatic heterocycles. The molecule has 0 aliphatic heterocycles. The fourth-order valence-electron chi connectivity index (χ4n) is 1.64. The van der Waals surface area contributed by atoms with Crippen molar-refractivity contribution in [1.29, 1.82) is 0 Å². The van der Waals surface area contributed by atoms with Crippen molar-refractivity contribution in [3.05, 3.63) is 0 Å². The maximum absolute atomic E-state index is 13.3. The third-order valence-electron chi connectivity index (χ3n) is 3.42. The second-order valence-electron chi connectivity index (χ2n) is 5.49. The van der Waals surface area contributed by atoms with E-state index in [0.29, 0.717) is 0 Å². The van der Waals surface area contributed by atoms with E-state index in [0.717, 1.165) is 0 Å². The highest BCUT2D eigenvalue weighted by atomic mass is 19.4. The van der Waals surface area contributed by atoms with Gasteiger partial charge in [0.1, 0.15) is 0 Å². The van der Waals surface area contributed by atoms with Gasteiger partial charge in [-0.1, -0.05) is 0 Å². The smallest absolute Gasteiger partial charge is 0.396 e. The number of aliphatic hydroxyl groups is 1. The molecular formula is C12H13F13O. The first-order chi connectivity index (χ1) is 11.2. The van der Waals surface area contributed by atoms with Gasteiger partial charge in [0.2, 0.25) is 0 Å². The van der Waals surface area contributed by atoms with Crippen LogP contribution in [0.2, 0.25) is 0 Å². The number of hydrogen-bond acceptors (Lipinski definition) is 1. The average Bonchev–Trinajstić information content (AvgIpc) is 2.42. The van der Waals surface area contributed by atoms with E-state index in [-0.39, 0.29) is 0 Å². The molecule has 1 N–H and O–H groups in total. The summed E-state index contributed by atoms with van der Waals surface area (Å²) in [4.78, 5) is 0. The Hall–Kier alpha value is -0.950. The Morgan fingerprint density at radius 2 is 0.615 bits per heavy atom. The fraction of sp³-hybridized carbons (Fsp3) is 1.00. The van der Waals surface area contributed by atoms with Crippen molar-refractivity contribution in [2.45, 2.75) is 67.9 Å². The summed E-state index contributed by atoms with van der Waals surface area (Å²) in [6.07, 6.45) is -18.7. The summed E-state index contributed by atoms with van der Waals surface area (Å²) < 4.78 is 166. The molecule has 0 saturated heterocycles. The highest BCUT2D eigenvalue weighted by molar-refractivity contribution is 4.92. The van der Waals surface area contributed by atoms with Crippen LogP contribution in [0.15, 0.2) is 0 Å². The molecule has 0 aromatic rings. The van der Waals surface area contributed by atoms with Gasteiger partial charge < -0.3 is 5.11 Å². The topological polar surface area (TPSA) is 20.2 Å². The van der Waals surface area contributed by atoms with Crippen molar-refractivity contribution in [3.8, 4) is 0 Å². The van der Waals surface area contributed by atoms with Crippen molar-refractivity contribution >= 4 is 0 Å². The minimum atomic E-state index is -6.29. The van der Waals surface area contributed by atoms with E-state index in [1.165, 1.54) is 0 Å². The molecule has 0 unspecified atom stereocenters. The Bertz CT molecular complexity index is 455. The largest absolute Gasteiger partial charge is 0.453 e. The van der Waals surface area contributed by atoms with Gasteiger partial charge in [-0.15, -0.1) is 0 Å². The van der Waals surface area contributed by atoms with Gasteiger partial charge >= 0.3 is 35.8 Å². The van der Waals surface area contributed by atoms with Gasteiger partial charge in [-0.3, -0.25) is 0 Å². The molecule has 0 aliphatic rings. The van der Waals surface area contributed by atoms with E-state index in [1.807, 2.05) is 0 Å². The molecule has 14 heteroatoms. The lowest BCUT2D eigenvalue weighted by Crippen LogP contribution is -2.47. The summed E-state index contributed by atoms with van der Waals surface area (Å²) in [6, 6.07) is 0. The second kappa shape index (κ2) is 7.58. The second-order valence-corrected chi connectivity index (χ2v) is 5.49. The summed E-state index contributed by atoms with van der Waals surface area (Å²) >= 11 is 0. The first-order valence-electron chi connectivity index (χ1n) is 6.79. The molecule has 0 radical (unpaired) electrons. The Kier molecular flexibility index (Phi) is 7.31. The summed E-state index contributed by atoms with van der Waals surface area (Å²) in [5.41, 5.74) is 0. The summed E-state index contributed by atoms with van der Waals surface area (Å²) in [5.74, 6) is -27.1. The molecule has 0 spiro atoms. The SMILES string of the molecule is OCCC(F)(F)C(F)(F)CCC(F)(F)C(F)(F)CCC(F)(F)C(F)(F)F. The van der Waals surface area contributed by atoms with Gasteiger partial charge in [-0.25, -0.2) is 0 Å². The van der Waals surface area contributed by atoms with Gasteiger partial charge in [-0.05, 0) is 0 Å². The van der Waals surface area contributed by atoms with Crippen LogP contribution in [0.4, 0.5) is 57.1 Å². The average molecular weight is 420 g/mol. The van der Waals surface area contributed by atoms with Crippen LogP contribution in [0.1, 0.15) is 32.1 Å². The molecule has 0 aliphatic carbocycles. The number of rotatable bonds is 10. The van der Waals surface area contributed by atoms with Gasteiger partial charge in [0.15, 0.2) is 0 Å². The molecule has 0 fully saturated rings. The van der Waals surface area contributed by atoms with Crippen LogP contribution in [0.3, 0.4) is 0 Å². The Morgan fingerprint density at radius 3 is 0.846 bits per heavy atom. The monoisotopic (exact) mass is 420 g/mol. The van der Waals surface area contributed by atoms with E-state index in [9.17, 15) is 57.1 Å². The lowest BCUT2D eigenvalue weighted by atomic mass is 9.95. The minimum absolute atomic E-state index is 1.47. The minimum Gasteiger partial charge on any atom is -0.396 e. The number of halogens is 13. The third kappa shape index (κ3) is 5.78. The molecule has 0 bridgehead atoms. The Morgan fingerprint density at radius 1 is 0.385 bits per heavy atom. The van der Waals surface area contributed by atoms with Crippen LogP contribution in [-0.4, -0.2) is 47.5 Å². The van der Waals surface area contributed by atoms with Gasteiger partial charge in [0.25, 0.3) is 0 Å². The highest BCUT2D eigenvalue weighted by Gasteiger charge is 2.63. The van der Waals surface area contributed by atoms with Crippen LogP contribution >= 0.6 is 0 Å². The van der Waals surface area contributed by atoms with E-state index in [2.05, 4.69) is 0 Å². The molecule has 0 saturated carbocycles. The Labute approximate surface area is 138 Å². The van der Waals surface area contributed by atoms with Crippen molar-refractivity contribution in [2.24, 2.45) is 0 Å². The molecule has 0 heterocycles. The van der Waals surface area contributed by atoms with Gasteiger partial charge in [0, 0.05) is 38.7 Å². The van der Waals surface area contributed by atoms with Crippen molar-refractivity contribution in [1.82, 2.24) is 0 Å². The molecule has 1 nitrogen and oxygen atoms in total. The van der Waals surface area contributed by atoms with Gasteiger partial charge in [0.05, 0.1) is 0 Å². The molecular weight excluding hydrogens is 407 g/mol. The number of aliphatic hydroxyl groups excluding tert-OH is 1. The highest BCUT2D eigenvalue weighted by Crippen LogP contribution is 2.48. The quantitative estimate of drug-likeness (QED) is 0.452. The predicted octanol–water partition coefficient (Wildman–Crippen LogP) is 5.67. The molecule has 0 atom stereocenters. The van der Waals surface area contributed by atoms with Crippen LogP contribution < -0.4 is 0 Å². The zero-order chi connectivity index (χ0) is 21.2. The van der Waals surface area contributed by atoms with Crippen LogP contribution in [-0.2, 0) is 0 Å². The number of alkyl halides is 13. The summed E-state index contributed by atoms with van der Waals surface area (Å²) in [5, 5.41) is 8.19.